The van der Waals surface area contributed by atoms with E-state index in [0.29, 0.717) is 29.7 Å². The van der Waals surface area contributed by atoms with Crippen molar-refractivity contribution in [3.05, 3.63) is 29.8 Å². The molecule has 2 unspecified atom stereocenters. The van der Waals surface area contributed by atoms with Gasteiger partial charge in [-0.1, -0.05) is 22.0 Å². The van der Waals surface area contributed by atoms with Crippen LogP contribution in [0, 0.1) is 17.3 Å². The molecule has 4 nitrogen and oxygen atoms in total. The Morgan fingerprint density at radius 2 is 1.96 bits per heavy atom. The van der Waals surface area contributed by atoms with Gasteiger partial charge in [-0.2, -0.15) is 0 Å². The van der Waals surface area contributed by atoms with Gasteiger partial charge >= 0.3 is 5.97 Å². The number of hydrogen-bond acceptors (Lipinski definition) is 3. The molecule has 5 rings (SSSR count). The number of carbonyl (C=O) groups excluding carboxylic acids is 2. The third kappa shape index (κ3) is 3.12. The second-order valence-electron chi connectivity index (χ2n) is 8.15. The van der Waals surface area contributed by atoms with E-state index >= 15 is 0 Å². The monoisotopic (exact) mass is 405 g/mol. The minimum Gasteiger partial charge on any atom is -0.462 e. The lowest BCUT2D eigenvalue weighted by Crippen LogP contribution is -2.57. The van der Waals surface area contributed by atoms with Gasteiger partial charge in [0.15, 0.2) is 0 Å². The Morgan fingerprint density at radius 3 is 2.60 bits per heavy atom. The van der Waals surface area contributed by atoms with Crippen LogP contribution in [0.4, 0.5) is 5.69 Å². The molecule has 1 N–H and O–H groups in total. The van der Waals surface area contributed by atoms with Gasteiger partial charge in [0, 0.05) is 10.0 Å². The quantitative estimate of drug-likeness (QED) is 0.590. The van der Waals surface area contributed by atoms with Crippen molar-refractivity contribution in [2.24, 2.45) is 17.3 Å². The first-order valence-corrected chi connectivity index (χ1v) is 9.98. The van der Waals surface area contributed by atoms with Crippen LogP contribution in [0.25, 0.3) is 0 Å². The van der Waals surface area contributed by atoms with E-state index in [1.165, 1.54) is 19.3 Å². The number of ether oxygens (including phenoxy) is 1. The van der Waals surface area contributed by atoms with E-state index in [-0.39, 0.29) is 21.6 Å². The maximum atomic E-state index is 13.2. The molecule has 1 aromatic rings. The molecule has 25 heavy (non-hydrogen) atoms. The molecular formula is C20H24BrNO3. The number of carbonyl (C=O) groups is 2. The van der Waals surface area contributed by atoms with Crippen LogP contribution in [0.15, 0.2) is 24.3 Å². The maximum absolute atomic E-state index is 13.2. The van der Waals surface area contributed by atoms with Gasteiger partial charge in [0.25, 0.3) is 0 Å². The molecule has 134 valence electrons. The van der Waals surface area contributed by atoms with E-state index in [1.54, 1.807) is 25.1 Å². The lowest BCUT2D eigenvalue weighted by molar-refractivity contribution is -0.138. The van der Waals surface area contributed by atoms with Crippen LogP contribution in [0.3, 0.4) is 0 Å². The lowest BCUT2D eigenvalue weighted by atomic mass is 9.49. The van der Waals surface area contributed by atoms with Crippen molar-refractivity contribution >= 4 is 33.5 Å². The Balaban J connectivity index is 1.53. The Morgan fingerprint density at radius 1 is 1.24 bits per heavy atom. The number of nitrogens with one attached hydrogen (secondary N) is 1. The fraction of sp³-hybridized carbons (Fsp3) is 0.600. The molecule has 1 amide bonds. The maximum Gasteiger partial charge on any atom is 0.338 e. The van der Waals surface area contributed by atoms with Crippen molar-refractivity contribution in [1.82, 2.24) is 0 Å². The fourth-order valence-electron chi connectivity index (χ4n) is 5.62. The first-order chi connectivity index (χ1) is 11.9. The van der Waals surface area contributed by atoms with E-state index in [9.17, 15) is 9.59 Å². The predicted molar refractivity (Wildman–Crippen MR) is 99.8 cm³/mol. The van der Waals surface area contributed by atoms with Crippen molar-refractivity contribution in [2.75, 3.05) is 11.9 Å². The minimum absolute atomic E-state index is 0.117. The second-order valence-corrected chi connectivity index (χ2v) is 9.83. The predicted octanol–water partition coefficient (Wildman–Crippen LogP) is 4.54. The molecule has 4 aliphatic rings. The molecule has 4 aliphatic carbocycles. The van der Waals surface area contributed by atoms with E-state index in [2.05, 4.69) is 21.2 Å². The van der Waals surface area contributed by atoms with Crippen LogP contribution in [0.2, 0.25) is 0 Å². The van der Waals surface area contributed by atoms with Crippen molar-refractivity contribution < 1.29 is 14.3 Å². The van der Waals surface area contributed by atoms with Crippen molar-refractivity contribution in [2.45, 2.75) is 49.8 Å². The molecule has 1 aromatic carbocycles. The minimum atomic E-state index is -0.354. The van der Waals surface area contributed by atoms with Gasteiger partial charge in [-0.05, 0) is 75.5 Å². The van der Waals surface area contributed by atoms with Crippen molar-refractivity contribution in [3.63, 3.8) is 0 Å². The topological polar surface area (TPSA) is 55.4 Å². The molecule has 0 spiro atoms. The number of benzene rings is 1. The smallest absolute Gasteiger partial charge is 0.338 e. The van der Waals surface area contributed by atoms with Gasteiger partial charge in [-0.25, -0.2) is 4.79 Å². The standard InChI is InChI=1S/C20H24BrNO3/c1-2-25-17(23)15-4-3-5-16(7-15)22-18(24)19-8-13-6-14(9-19)11-20(21,10-13)12-19/h3-5,7,13-14H,2,6,8-12H2,1H3,(H,22,24)/t13-,14+,19?,20?. The van der Waals surface area contributed by atoms with Gasteiger partial charge < -0.3 is 10.1 Å². The molecule has 4 fully saturated rings. The summed E-state index contributed by atoms with van der Waals surface area (Å²) in [5.41, 5.74) is 0.894. The molecule has 4 atom stereocenters. The highest BCUT2D eigenvalue weighted by Crippen LogP contribution is 2.64. The van der Waals surface area contributed by atoms with Crippen molar-refractivity contribution in [1.29, 1.82) is 0 Å². The van der Waals surface area contributed by atoms with Gasteiger partial charge in [0.05, 0.1) is 17.6 Å². The summed E-state index contributed by atoms with van der Waals surface area (Å²) in [4.78, 5) is 25.1. The number of rotatable bonds is 4. The van der Waals surface area contributed by atoms with Crippen LogP contribution in [0.1, 0.15) is 55.8 Å². The lowest BCUT2D eigenvalue weighted by Gasteiger charge is -2.59. The van der Waals surface area contributed by atoms with Crippen LogP contribution in [-0.2, 0) is 9.53 Å². The number of esters is 1. The summed E-state index contributed by atoms with van der Waals surface area (Å²) in [6, 6.07) is 7.05. The second kappa shape index (κ2) is 6.11. The summed E-state index contributed by atoms with van der Waals surface area (Å²) >= 11 is 3.95. The molecular weight excluding hydrogens is 382 g/mol. The highest BCUT2D eigenvalue weighted by molar-refractivity contribution is 9.10. The Labute approximate surface area is 156 Å². The largest absolute Gasteiger partial charge is 0.462 e. The summed E-state index contributed by atoms with van der Waals surface area (Å²) in [5.74, 6) is 1.09. The van der Waals surface area contributed by atoms with E-state index in [4.69, 9.17) is 4.74 Å². The number of halogens is 1. The van der Waals surface area contributed by atoms with Crippen LogP contribution < -0.4 is 5.32 Å². The number of hydrogen-bond donors (Lipinski definition) is 1. The highest BCUT2D eigenvalue weighted by atomic mass is 79.9. The number of alkyl halides is 1. The first-order valence-electron chi connectivity index (χ1n) is 9.19. The SMILES string of the molecule is CCOC(=O)c1cccc(NC(=O)C23C[C@@H]4C[C@@H](CC(Br)(C4)C2)C3)c1. The molecule has 0 aliphatic heterocycles. The van der Waals surface area contributed by atoms with Crippen molar-refractivity contribution in [3.8, 4) is 0 Å². The molecule has 5 heteroatoms. The summed E-state index contributed by atoms with van der Waals surface area (Å²) in [6.45, 7) is 2.13. The number of amides is 1. The first kappa shape index (κ1) is 17.1. The molecule has 4 saturated carbocycles. The Kier molecular flexibility index (Phi) is 4.18. The molecule has 0 heterocycles. The molecule has 0 aromatic heterocycles. The zero-order valence-corrected chi connectivity index (χ0v) is 16.1. The van der Waals surface area contributed by atoms with Crippen LogP contribution in [-0.4, -0.2) is 22.8 Å². The molecule has 0 radical (unpaired) electrons. The Hall–Kier alpha value is -1.36. The average Bonchev–Trinajstić information content (AvgIpc) is 2.53. The highest BCUT2D eigenvalue weighted by Gasteiger charge is 2.59. The molecule has 4 bridgehead atoms. The third-order valence-electron chi connectivity index (χ3n) is 6.10. The average molecular weight is 406 g/mol. The zero-order valence-electron chi connectivity index (χ0n) is 14.5. The van der Waals surface area contributed by atoms with Gasteiger partial charge in [-0.15, -0.1) is 0 Å². The summed E-state index contributed by atoms with van der Waals surface area (Å²) < 4.78 is 5.20. The summed E-state index contributed by atoms with van der Waals surface area (Å²) in [6.07, 6.45) is 6.62. The van der Waals surface area contributed by atoms with Crippen LogP contribution in [0.5, 0.6) is 0 Å². The summed E-state index contributed by atoms with van der Waals surface area (Å²) in [7, 11) is 0. The fourth-order valence-corrected chi connectivity index (χ4v) is 7.07. The van der Waals surface area contributed by atoms with Gasteiger partial charge in [-0.3, -0.25) is 4.79 Å². The van der Waals surface area contributed by atoms with E-state index < -0.39 is 0 Å². The van der Waals surface area contributed by atoms with Crippen LogP contribution >= 0.6 is 15.9 Å². The van der Waals surface area contributed by atoms with E-state index in [1.807, 2.05) is 6.07 Å². The summed E-state index contributed by atoms with van der Waals surface area (Å²) in [5, 5.41) is 3.09. The zero-order chi connectivity index (χ0) is 17.7. The van der Waals surface area contributed by atoms with E-state index in [0.717, 1.165) is 19.3 Å². The van der Waals surface area contributed by atoms with Gasteiger partial charge in [0.2, 0.25) is 5.91 Å². The normalized spacial score (nSPS) is 35.4. The van der Waals surface area contributed by atoms with Gasteiger partial charge in [0.1, 0.15) is 0 Å². The third-order valence-corrected chi connectivity index (χ3v) is 7.03. The molecule has 0 saturated heterocycles. The Bertz CT molecular complexity index is 703. The number of anilines is 1.